The summed E-state index contributed by atoms with van der Waals surface area (Å²) in [6.45, 7) is 0.445. The molecular weight excluding hydrogens is 216 g/mol. The van der Waals surface area contributed by atoms with E-state index in [-0.39, 0.29) is 0 Å². The van der Waals surface area contributed by atoms with E-state index in [2.05, 4.69) is 27.2 Å². The van der Waals surface area contributed by atoms with Crippen LogP contribution in [0, 0.1) is 0 Å². The Labute approximate surface area is 102 Å². The van der Waals surface area contributed by atoms with Crippen LogP contribution in [0.3, 0.4) is 0 Å². The highest BCUT2D eigenvalue weighted by molar-refractivity contribution is 5.49. The number of nitrogens with one attached hydrogen (secondary N) is 1. The quantitative estimate of drug-likeness (QED) is 0.842. The summed E-state index contributed by atoms with van der Waals surface area (Å²) in [4.78, 5) is 11.1. The van der Waals surface area contributed by atoms with Crippen molar-refractivity contribution in [3.63, 3.8) is 0 Å². The van der Waals surface area contributed by atoms with Crippen molar-refractivity contribution in [2.24, 2.45) is 0 Å². The number of anilines is 2. The SMILES string of the molecule is CNc1cc(N(C)C2CCC2)nc(COC)n1. The van der Waals surface area contributed by atoms with E-state index in [1.54, 1.807) is 7.11 Å². The van der Waals surface area contributed by atoms with Gasteiger partial charge in [0, 0.05) is 33.3 Å². The largest absolute Gasteiger partial charge is 0.377 e. The van der Waals surface area contributed by atoms with Gasteiger partial charge in [-0.2, -0.15) is 0 Å². The van der Waals surface area contributed by atoms with Crippen molar-refractivity contribution in [3.8, 4) is 0 Å². The van der Waals surface area contributed by atoms with Crippen LogP contribution in [0.25, 0.3) is 0 Å². The Bertz CT molecular complexity index is 379. The third-order valence-corrected chi connectivity index (χ3v) is 3.27. The zero-order chi connectivity index (χ0) is 12.3. The number of rotatable bonds is 5. The van der Waals surface area contributed by atoms with Gasteiger partial charge in [0.15, 0.2) is 5.82 Å². The maximum absolute atomic E-state index is 5.09. The van der Waals surface area contributed by atoms with E-state index in [9.17, 15) is 0 Å². The molecule has 0 spiro atoms. The Morgan fingerprint density at radius 3 is 2.76 bits per heavy atom. The van der Waals surface area contributed by atoms with Gasteiger partial charge in [0.05, 0.1) is 0 Å². The molecule has 1 aliphatic carbocycles. The van der Waals surface area contributed by atoms with Crippen LogP contribution in [-0.4, -0.2) is 37.2 Å². The Kier molecular flexibility index (Phi) is 3.78. The molecule has 1 fully saturated rings. The van der Waals surface area contributed by atoms with E-state index in [4.69, 9.17) is 4.74 Å². The van der Waals surface area contributed by atoms with Crippen LogP contribution < -0.4 is 10.2 Å². The summed E-state index contributed by atoms with van der Waals surface area (Å²) in [6.07, 6.45) is 3.84. The number of hydrogen-bond donors (Lipinski definition) is 1. The summed E-state index contributed by atoms with van der Waals surface area (Å²) in [5.41, 5.74) is 0. The van der Waals surface area contributed by atoms with Crippen LogP contribution in [-0.2, 0) is 11.3 Å². The third kappa shape index (κ3) is 2.66. The molecule has 0 atom stereocenters. The highest BCUT2D eigenvalue weighted by Crippen LogP contribution is 2.28. The van der Waals surface area contributed by atoms with Crippen LogP contribution in [0.4, 0.5) is 11.6 Å². The molecule has 1 N–H and O–H groups in total. The molecule has 1 saturated carbocycles. The van der Waals surface area contributed by atoms with Crippen molar-refractivity contribution in [1.82, 2.24) is 9.97 Å². The number of hydrogen-bond acceptors (Lipinski definition) is 5. The van der Waals surface area contributed by atoms with Crippen LogP contribution in [0.1, 0.15) is 25.1 Å². The third-order valence-electron chi connectivity index (χ3n) is 3.27. The lowest BCUT2D eigenvalue weighted by Gasteiger charge is -2.35. The molecule has 0 saturated heterocycles. The lowest BCUT2D eigenvalue weighted by atomic mass is 9.92. The van der Waals surface area contributed by atoms with Crippen molar-refractivity contribution in [2.75, 3.05) is 31.4 Å². The van der Waals surface area contributed by atoms with Crippen molar-refractivity contribution in [3.05, 3.63) is 11.9 Å². The van der Waals surface area contributed by atoms with Gasteiger partial charge in [0.2, 0.25) is 0 Å². The molecule has 1 heterocycles. The Hall–Kier alpha value is -1.36. The Morgan fingerprint density at radius 2 is 2.24 bits per heavy atom. The Morgan fingerprint density at radius 1 is 1.47 bits per heavy atom. The molecule has 0 bridgehead atoms. The van der Waals surface area contributed by atoms with Gasteiger partial charge in [-0.05, 0) is 19.3 Å². The first-order valence-electron chi connectivity index (χ1n) is 6.02. The maximum Gasteiger partial charge on any atom is 0.158 e. The van der Waals surface area contributed by atoms with Gasteiger partial charge in [-0.15, -0.1) is 0 Å². The zero-order valence-corrected chi connectivity index (χ0v) is 10.7. The number of aromatic nitrogens is 2. The zero-order valence-electron chi connectivity index (χ0n) is 10.7. The fraction of sp³-hybridized carbons (Fsp3) is 0.667. The molecule has 1 aromatic heterocycles. The average Bonchev–Trinajstić information content (AvgIpc) is 2.26. The maximum atomic E-state index is 5.09. The van der Waals surface area contributed by atoms with Gasteiger partial charge in [-0.25, -0.2) is 9.97 Å². The lowest BCUT2D eigenvalue weighted by molar-refractivity contribution is 0.178. The first-order chi connectivity index (χ1) is 8.24. The molecule has 2 rings (SSSR count). The molecule has 0 aliphatic heterocycles. The molecule has 1 aromatic rings. The van der Waals surface area contributed by atoms with Gasteiger partial charge >= 0.3 is 0 Å². The molecule has 17 heavy (non-hydrogen) atoms. The second-order valence-electron chi connectivity index (χ2n) is 4.41. The van der Waals surface area contributed by atoms with E-state index in [0.29, 0.717) is 12.6 Å². The predicted octanol–water partition coefficient (Wildman–Crippen LogP) is 1.65. The molecule has 0 amide bonds. The summed E-state index contributed by atoms with van der Waals surface area (Å²) in [5, 5.41) is 3.06. The van der Waals surface area contributed by atoms with Crippen LogP contribution in [0.2, 0.25) is 0 Å². The molecule has 5 heteroatoms. The molecule has 5 nitrogen and oxygen atoms in total. The number of nitrogens with zero attached hydrogens (tertiary/aromatic N) is 3. The van der Waals surface area contributed by atoms with Crippen molar-refractivity contribution in [1.29, 1.82) is 0 Å². The summed E-state index contributed by atoms with van der Waals surface area (Å²) >= 11 is 0. The van der Waals surface area contributed by atoms with Crippen molar-refractivity contribution >= 4 is 11.6 Å². The van der Waals surface area contributed by atoms with Gasteiger partial charge in [0.1, 0.15) is 18.2 Å². The van der Waals surface area contributed by atoms with Crippen LogP contribution in [0.15, 0.2) is 6.07 Å². The summed E-state index contributed by atoms with van der Waals surface area (Å²) < 4.78 is 5.09. The Balaban J connectivity index is 2.21. The minimum absolute atomic E-state index is 0.445. The number of methoxy groups -OCH3 is 1. The second-order valence-corrected chi connectivity index (χ2v) is 4.41. The molecule has 0 aromatic carbocycles. The van der Waals surface area contributed by atoms with Gasteiger partial charge in [-0.1, -0.05) is 0 Å². The summed E-state index contributed by atoms with van der Waals surface area (Å²) in [5.74, 6) is 2.54. The van der Waals surface area contributed by atoms with Crippen molar-refractivity contribution in [2.45, 2.75) is 31.9 Å². The van der Waals surface area contributed by atoms with Gasteiger partial charge in [0.25, 0.3) is 0 Å². The highest BCUT2D eigenvalue weighted by atomic mass is 16.5. The van der Waals surface area contributed by atoms with E-state index >= 15 is 0 Å². The fourth-order valence-electron chi connectivity index (χ4n) is 1.95. The fourth-order valence-corrected chi connectivity index (χ4v) is 1.95. The standard InChI is InChI=1S/C12H20N4O/c1-13-10-7-12(15-11(14-10)8-17-3)16(2)9-5-4-6-9/h7,9H,4-6,8H2,1-3H3,(H,13,14,15). The van der Waals surface area contributed by atoms with E-state index in [1.807, 2.05) is 13.1 Å². The molecule has 1 aliphatic rings. The summed E-state index contributed by atoms with van der Waals surface area (Å²) in [7, 11) is 5.62. The average molecular weight is 236 g/mol. The minimum atomic E-state index is 0.445. The monoisotopic (exact) mass is 236 g/mol. The first-order valence-corrected chi connectivity index (χ1v) is 6.02. The molecule has 0 unspecified atom stereocenters. The smallest absolute Gasteiger partial charge is 0.158 e. The first kappa shape index (κ1) is 12.1. The van der Waals surface area contributed by atoms with E-state index in [0.717, 1.165) is 17.5 Å². The number of ether oxygens (including phenoxy) is 1. The second kappa shape index (κ2) is 5.31. The lowest BCUT2D eigenvalue weighted by Crippen LogP contribution is -2.37. The molecule has 94 valence electrons. The van der Waals surface area contributed by atoms with E-state index in [1.165, 1.54) is 19.3 Å². The van der Waals surface area contributed by atoms with Gasteiger partial charge < -0.3 is 15.0 Å². The normalized spacial score (nSPS) is 15.5. The topological polar surface area (TPSA) is 50.3 Å². The van der Waals surface area contributed by atoms with Crippen LogP contribution in [0.5, 0.6) is 0 Å². The minimum Gasteiger partial charge on any atom is -0.377 e. The van der Waals surface area contributed by atoms with Crippen LogP contribution >= 0.6 is 0 Å². The van der Waals surface area contributed by atoms with Gasteiger partial charge in [-0.3, -0.25) is 0 Å². The molecule has 0 radical (unpaired) electrons. The summed E-state index contributed by atoms with van der Waals surface area (Å²) in [6, 6.07) is 2.61. The van der Waals surface area contributed by atoms with E-state index < -0.39 is 0 Å². The highest BCUT2D eigenvalue weighted by Gasteiger charge is 2.23. The molecular formula is C12H20N4O. The predicted molar refractivity (Wildman–Crippen MR) is 68.3 cm³/mol. The van der Waals surface area contributed by atoms with Crippen molar-refractivity contribution < 1.29 is 4.74 Å².